The molecule has 1 saturated carbocycles. The maximum Gasteiger partial charge on any atom is 0.314 e. The van der Waals surface area contributed by atoms with Gasteiger partial charge in [-0.2, -0.15) is 11.8 Å². The van der Waals surface area contributed by atoms with Crippen molar-refractivity contribution in [1.82, 2.24) is 10.6 Å². The predicted octanol–water partition coefficient (Wildman–Crippen LogP) is 1.68. The Balaban J connectivity index is 2.26. The molecule has 5 nitrogen and oxygen atoms in total. The van der Waals surface area contributed by atoms with Crippen molar-refractivity contribution in [3.63, 3.8) is 0 Å². The van der Waals surface area contributed by atoms with Crippen LogP contribution in [0.15, 0.2) is 0 Å². The number of carbonyl (C=O) groups excluding carboxylic acids is 1. The highest BCUT2D eigenvalue weighted by Gasteiger charge is 2.41. The van der Waals surface area contributed by atoms with E-state index in [0.29, 0.717) is 19.4 Å². The van der Waals surface area contributed by atoms with E-state index in [1.165, 1.54) is 0 Å². The van der Waals surface area contributed by atoms with Gasteiger partial charge in [-0.15, -0.1) is 0 Å². The van der Waals surface area contributed by atoms with Gasteiger partial charge in [-0.05, 0) is 31.3 Å². The van der Waals surface area contributed by atoms with Gasteiger partial charge in [0.05, 0.1) is 5.41 Å². The van der Waals surface area contributed by atoms with Crippen LogP contribution in [0.25, 0.3) is 0 Å². The third-order valence-electron chi connectivity index (χ3n) is 3.41. The van der Waals surface area contributed by atoms with E-state index in [9.17, 15) is 14.7 Å². The fourth-order valence-electron chi connectivity index (χ4n) is 2.25. The van der Waals surface area contributed by atoms with Crippen LogP contribution in [0.2, 0.25) is 0 Å². The van der Waals surface area contributed by atoms with E-state index >= 15 is 0 Å². The van der Waals surface area contributed by atoms with E-state index in [0.717, 1.165) is 25.0 Å². The first-order valence-electron chi connectivity index (χ1n) is 6.35. The predicted molar refractivity (Wildman–Crippen MR) is 72.9 cm³/mol. The molecule has 0 radical (unpaired) electrons. The van der Waals surface area contributed by atoms with Crippen molar-refractivity contribution in [3.8, 4) is 0 Å². The van der Waals surface area contributed by atoms with Gasteiger partial charge in [0.2, 0.25) is 0 Å². The third-order valence-corrected chi connectivity index (χ3v) is 4.11. The molecule has 1 aliphatic carbocycles. The second-order valence-corrected chi connectivity index (χ2v) is 5.73. The Kier molecular flexibility index (Phi) is 6.32. The van der Waals surface area contributed by atoms with Gasteiger partial charge < -0.3 is 15.7 Å². The Morgan fingerprint density at radius 3 is 2.50 bits per heavy atom. The third kappa shape index (κ3) is 4.40. The quantitative estimate of drug-likeness (QED) is 0.617. The summed E-state index contributed by atoms with van der Waals surface area (Å²) in [6.07, 6.45) is 6.15. The molecule has 0 bridgehead atoms. The largest absolute Gasteiger partial charge is 0.481 e. The molecular weight excluding hydrogens is 252 g/mol. The number of hydrogen-bond acceptors (Lipinski definition) is 3. The molecule has 2 amide bonds. The molecule has 0 aromatic carbocycles. The van der Waals surface area contributed by atoms with Gasteiger partial charge in [0, 0.05) is 13.1 Å². The zero-order valence-corrected chi connectivity index (χ0v) is 11.6. The number of carbonyl (C=O) groups is 2. The van der Waals surface area contributed by atoms with Gasteiger partial charge in [0.1, 0.15) is 0 Å². The minimum absolute atomic E-state index is 0.233. The van der Waals surface area contributed by atoms with Crippen LogP contribution >= 0.6 is 11.8 Å². The Morgan fingerprint density at radius 2 is 1.94 bits per heavy atom. The van der Waals surface area contributed by atoms with E-state index in [2.05, 4.69) is 10.6 Å². The van der Waals surface area contributed by atoms with E-state index in [1.807, 2.05) is 6.26 Å². The van der Waals surface area contributed by atoms with Crippen LogP contribution in [0, 0.1) is 5.41 Å². The fraction of sp³-hybridized carbons (Fsp3) is 0.833. The topological polar surface area (TPSA) is 78.4 Å². The first kappa shape index (κ1) is 15.1. The normalized spacial score (nSPS) is 17.4. The second-order valence-electron chi connectivity index (χ2n) is 4.75. The van der Waals surface area contributed by atoms with Gasteiger partial charge in [-0.3, -0.25) is 4.79 Å². The number of nitrogens with one attached hydrogen (secondary N) is 2. The number of amides is 2. The number of hydrogen-bond donors (Lipinski definition) is 3. The highest BCUT2D eigenvalue weighted by atomic mass is 32.2. The summed E-state index contributed by atoms with van der Waals surface area (Å²) in [4.78, 5) is 22.8. The lowest BCUT2D eigenvalue weighted by atomic mass is 9.86. The summed E-state index contributed by atoms with van der Waals surface area (Å²) in [6.45, 7) is 0.865. The Bertz CT molecular complexity index is 291. The average molecular weight is 274 g/mol. The highest BCUT2D eigenvalue weighted by Crippen LogP contribution is 2.37. The number of thioether (sulfide) groups is 1. The maximum absolute atomic E-state index is 11.5. The molecule has 0 unspecified atom stereocenters. The molecule has 1 aliphatic rings. The molecule has 0 aromatic heterocycles. The van der Waals surface area contributed by atoms with Crippen LogP contribution < -0.4 is 10.6 Å². The van der Waals surface area contributed by atoms with Gasteiger partial charge in [-0.25, -0.2) is 4.79 Å². The molecule has 0 aromatic rings. The van der Waals surface area contributed by atoms with E-state index in [-0.39, 0.29) is 12.6 Å². The fourth-order valence-corrected chi connectivity index (χ4v) is 2.68. The minimum atomic E-state index is -0.789. The van der Waals surface area contributed by atoms with Crippen LogP contribution in [0.1, 0.15) is 32.1 Å². The average Bonchev–Trinajstić information content (AvgIpc) is 2.82. The van der Waals surface area contributed by atoms with Gasteiger partial charge in [0.25, 0.3) is 0 Å². The van der Waals surface area contributed by atoms with E-state index < -0.39 is 11.4 Å². The molecular formula is C12H22N2O3S. The molecule has 6 heteroatoms. The van der Waals surface area contributed by atoms with E-state index in [1.54, 1.807) is 11.8 Å². The molecule has 1 fully saturated rings. The number of aliphatic carboxylic acids is 1. The van der Waals surface area contributed by atoms with E-state index in [4.69, 9.17) is 0 Å². The SMILES string of the molecule is CSCCCNC(=O)NCC1(C(=O)O)CCCC1. The number of carboxylic acid groups (broad SMARTS) is 1. The standard InChI is InChI=1S/C12H22N2O3S/c1-18-8-4-7-13-11(17)14-9-12(10(15)16)5-2-3-6-12/h2-9H2,1H3,(H,15,16)(H2,13,14,17). The molecule has 0 saturated heterocycles. The summed E-state index contributed by atoms with van der Waals surface area (Å²) < 4.78 is 0. The number of rotatable bonds is 7. The molecule has 0 heterocycles. The molecule has 0 aliphatic heterocycles. The first-order chi connectivity index (χ1) is 8.60. The summed E-state index contributed by atoms with van der Waals surface area (Å²) in [5.41, 5.74) is -0.739. The van der Waals surface area contributed by atoms with Crippen LogP contribution in [0.4, 0.5) is 4.79 Å². The Hall–Kier alpha value is -0.910. The lowest BCUT2D eigenvalue weighted by Crippen LogP contribution is -2.45. The molecule has 3 N–H and O–H groups in total. The van der Waals surface area contributed by atoms with Gasteiger partial charge in [-0.1, -0.05) is 12.8 Å². The van der Waals surface area contributed by atoms with Crippen LogP contribution in [-0.2, 0) is 4.79 Å². The summed E-state index contributed by atoms with van der Waals surface area (Å²) in [5, 5.41) is 14.7. The zero-order chi connectivity index (χ0) is 13.4. The zero-order valence-electron chi connectivity index (χ0n) is 10.8. The molecule has 104 valence electrons. The van der Waals surface area contributed by atoms with Crippen LogP contribution in [0.5, 0.6) is 0 Å². The van der Waals surface area contributed by atoms with Crippen molar-refractivity contribution < 1.29 is 14.7 Å². The Morgan fingerprint density at radius 1 is 1.28 bits per heavy atom. The van der Waals surface area contributed by atoms with Crippen molar-refractivity contribution in [2.45, 2.75) is 32.1 Å². The van der Waals surface area contributed by atoms with Crippen molar-refractivity contribution in [2.75, 3.05) is 25.1 Å². The lowest BCUT2D eigenvalue weighted by Gasteiger charge is -2.24. The van der Waals surface area contributed by atoms with Crippen molar-refractivity contribution in [1.29, 1.82) is 0 Å². The van der Waals surface area contributed by atoms with Crippen LogP contribution in [-0.4, -0.2) is 42.2 Å². The maximum atomic E-state index is 11.5. The van der Waals surface area contributed by atoms with Gasteiger partial charge >= 0.3 is 12.0 Å². The van der Waals surface area contributed by atoms with Crippen LogP contribution in [0.3, 0.4) is 0 Å². The number of urea groups is 1. The lowest BCUT2D eigenvalue weighted by molar-refractivity contribution is -0.148. The van der Waals surface area contributed by atoms with Crippen molar-refractivity contribution in [2.24, 2.45) is 5.41 Å². The molecule has 1 rings (SSSR count). The summed E-state index contributed by atoms with van der Waals surface area (Å²) in [5.74, 6) is 0.224. The molecule has 0 spiro atoms. The summed E-state index contributed by atoms with van der Waals surface area (Å²) >= 11 is 1.74. The monoisotopic (exact) mass is 274 g/mol. The van der Waals surface area contributed by atoms with Crippen molar-refractivity contribution >= 4 is 23.8 Å². The second kappa shape index (κ2) is 7.51. The van der Waals surface area contributed by atoms with Crippen molar-refractivity contribution in [3.05, 3.63) is 0 Å². The smallest absolute Gasteiger partial charge is 0.314 e. The summed E-state index contributed by atoms with van der Waals surface area (Å²) in [6, 6.07) is -0.261. The number of carboxylic acids is 1. The summed E-state index contributed by atoms with van der Waals surface area (Å²) in [7, 11) is 0. The Labute approximate surface area is 112 Å². The first-order valence-corrected chi connectivity index (χ1v) is 7.74. The van der Waals surface area contributed by atoms with Gasteiger partial charge in [0.15, 0.2) is 0 Å². The molecule has 0 atom stereocenters. The molecule has 18 heavy (non-hydrogen) atoms. The minimum Gasteiger partial charge on any atom is -0.481 e. The highest BCUT2D eigenvalue weighted by molar-refractivity contribution is 7.98.